The van der Waals surface area contributed by atoms with E-state index in [2.05, 4.69) is 18.7 Å². The van der Waals surface area contributed by atoms with Crippen molar-refractivity contribution in [1.29, 1.82) is 0 Å². The van der Waals surface area contributed by atoms with Crippen LogP contribution in [0.1, 0.15) is 46.0 Å². The average molecular weight is 242 g/mol. The molecule has 0 amide bonds. The van der Waals surface area contributed by atoms with E-state index in [9.17, 15) is 0 Å². The summed E-state index contributed by atoms with van der Waals surface area (Å²) in [4.78, 5) is 2.57. The Morgan fingerprint density at radius 3 is 2.53 bits per heavy atom. The molecule has 1 aliphatic carbocycles. The molecule has 2 N–H and O–H groups in total. The van der Waals surface area contributed by atoms with Gasteiger partial charge in [-0.2, -0.15) is 0 Å². The fraction of sp³-hybridized carbons (Fsp3) is 1.00. The van der Waals surface area contributed by atoms with Crippen LogP contribution in [0.5, 0.6) is 0 Å². The minimum absolute atomic E-state index is 0.372. The lowest BCUT2D eigenvalue weighted by Crippen LogP contribution is -2.40. The van der Waals surface area contributed by atoms with Crippen molar-refractivity contribution in [3.63, 3.8) is 0 Å². The summed E-state index contributed by atoms with van der Waals surface area (Å²) in [5.41, 5.74) is 6.10. The predicted octanol–water partition coefficient (Wildman–Crippen LogP) is 2.25. The van der Waals surface area contributed by atoms with Crippen LogP contribution in [0.15, 0.2) is 0 Å². The number of nitrogens with zero attached hydrogens (tertiary/aromatic N) is 1. The van der Waals surface area contributed by atoms with Gasteiger partial charge in [-0.05, 0) is 45.1 Å². The van der Waals surface area contributed by atoms with Gasteiger partial charge < -0.3 is 10.5 Å². The maximum absolute atomic E-state index is 6.10. The van der Waals surface area contributed by atoms with Gasteiger partial charge in [-0.3, -0.25) is 4.90 Å². The second-order valence-corrected chi connectivity index (χ2v) is 5.44. The highest BCUT2D eigenvalue weighted by Crippen LogP contribution is 2.35. The molecule has 0 radical (unpaired) electrons. The number of rotatable bonds is 10. The fourth-order valence-corrected chi connectivity index (χ4v) is 2.45. The summed E-state index contributed by atoms with van der Waals surface area (Å²) in [6.07, 6.45) is 6.28. The van der Waals surface area contributed by atoms with Gasteiger partial charge in [0, 0.05) is 25.7 Å². The van der Waals surface area contributed by atoms with Gasteiger partial charge in [0.1, 0.15) is 0 Å². The molecule has 2 atom stereocenters. The van der Waals surface area contributed by atoms with Crippen molar-refractivity contribution in [1.82, 2.24) is 4.90 Å². The molecule has 3 nitrogen and oxygen atoms in total. The fourth-order valence-electron chi connectivity index (χ4n) is 2.45. The van der Waals surface area contributed by atoms with Gasteiger partial charge in [-0.1, -0.05) is 13.3 Å². The van der Waals surface area contributed by atoms with E-state index in [0.717, 1.165) is 38.5 Å². The monoisotopic (exact) mass is 242 g/mol. The van der Waals surface area contributed by atoms with Crippen molar-refractivity contribution in [3.05, 3.63) is 0 Å². The molecule has 0 aromatic heterocycles. The van der Waals surface area contributed by atoms with Crippen LogP contribution < -0.4 is 5.73 Å². The Hall–Kier alpha value is -0.120. The molecular weight excluding hydrogens is 212 g/mol. The topological polar surface area (TPSA) is 38.5 Å². The molecule has 0 aromatic rings. The molecule has 17 heavy (non-hydrogen) atoms. The molecule has 0 aliphatic heterocycles. The minimum atomic E-state index is 0.372. The van der Waals surface area contributed by atoms with E-state index < -0.39 is 0 Å². The summed E-state index contributed by atoms with van der Waals surface area (Å²) >= 11 is 0. The smallest absolute Gasteiger partial charge is 0.0589 e. The van der Waals surface area contributed by atoms with Crippen molar-refractivity contribution >= 4 is 0 Å². The van der Waals surface area contributed by atoms with E-state index in [1.165, 1.54) is 19.3 Å². The first-order valence-electron chi connectivity index (χ1n) is 7.17. The molecule has 0 spiro atoms. The molecule has 3 heteroatoms. The van der Waals surface area contributed by atoms with Gasteiger partial charge in [0.25, 0.3) is 0 Å². The van der Waals surface area contributed by atoms with E-state index in [4.69, 9.17) is 10.5 Å². The molecule has 0 saturated heterocycles. The SMILES string of the molecule is CCCC(N)CCN(CCOC)C(C)C1CC1. The zero-order valence-electron chi connectivity index (χ0n) is 11.8. The number of hydrogen-bond acceptors (Lipinski definition) is 3. The highest BCUT2D eigenvalue weighted by molar-refractivity contribution is 4.85. The van der Waals surface area contributed by atoms with Crippen molar-refractivity contribution in [3.8, 4) is 0 Å². The van der Waals surface area contributed by atoms with Gasteiger partial charge in [0.05, 0.1) is 6.61 Å². The Morgan fingerprint density at radius 1 is 1.29 bits per heavy atom. The summed E-state index contributed by atoms with van der Waals surface area (Å²) in [6, 6.07) is 1.08. The van der Waals surface area contributed by atoms with Crippen molar-refractivity contribution in [2.75, 3.05) is 26.8 Å². The second-order valence-electron chi connectivity index (χ2n) is 5.44. The van der Waals surface area contributed by atoms with E-state index in [1.807, 2.05) is 0 Å². The zero-order valence-corrected chi connectivity index (χ0v) is 11.8. The van der Waals surface area contributed by atoms with Gasteiger partial charge in [0.2, 0.25) is 0 Å². The Kier molecular flexibility index (Phi) is 7.09. The summed E-state index contributed by atoms with van der Waals surface area (Å²) in [7, 11) is 1.78. The van der Waals surface area contributed by atoms with E-state index >= 15 is 0 Å². The van der Waals surface area contributed by atoms with Gasteiger partial charge in [-0.25, -0.2) is 0 Å². The predicted molar refractivity (Wildman–Crippen MR) is 73.1 cm³/mol. The first-order chi connectivity index (χ1) is 8.19. The molecule has 0 aromatic carbocycles. The van der Waals surface area contributed by atoms with Crippen LogP contribution in [0.3, 0.4) is 0 Å². The molecule has 1 aliphatic rings. The Morgan fingerprint density at radius 2 is 2.00 bits per heavy atom. The molecule has 1 saturated carbocycles. The summed E-state index contributed by atoms with van der Waals surface area (Å²) in [6.45, 7) is 7.57. The van der Waals surface area contributed by atoms with Crippen LogP contribution in [0.4, 0.5) is 0 Å². The molecule has 1 rings (SSSR count). The highest BCUT2D eigenvalue weighted by atomic mass is 16.5. The van der Waals surface area contributed by atoms with E-state index in [-0.39, 0.29) is 0 Å². The van der Waals surface area contributed by atoms with Crippen LogP contribution in [0.2, 0.25) is 0 Å². The van der Waals surface area contributed by atoms with E-state index in [0.29, 0.717) is 12.1 Å². The summed E-state index contributed by atoms with van der Waals surface area (Å²) < 4.78 is 5.20. The Balaban J connectivity index is 2.28. The standard InChI is InChI=1S/C14H30N2O/c1-4-5-14(15)8-9-16(10-11-17-3)12(2)13-6-7-13/h12-14H,4-11,15H2,1-3H3. The minimum Gasteiger partial charge on any atom is -0.383 e. The lowest BCUT2D eigenvalue weighted by molar-refractivity contribution is 0.114. The Bertz CT molecular complexity index is 195. The number of ether oxygens (including phenoxy) is 1. The third kappa shape index (κ3) is 5.84. The number of methoxy groups -OCH3 is 1. The average Bonchev–Trinajstić information content (AvgIpc) is 3.12. The van der Waals surface area contributed by atoms with Crippen molar-refractivity contribution in [2.45, 2.75) is 58.0 Å². The number of nitrogens with two attached hydrogens (primary N) is 1. The Labute approximate surface area is 107 Å². The maximum Gasteiger partial charge on any atom is 0.0589 e. The largest absolute Gasteiger partial charge is 0.383 e. The molecule has 2 unspecified atom stereocenters. The van der Waals surface area contributed by atoms with Crippen LogP contribution in [0, 0.1) is 5.92 Å². The molecule has 1 fully saturated rings. The quantitative estimate of drug-likeness (QED) is 0.638. The number of hydrogen-bond donors (Lipinski definition) is 1. The molecule has 102 valence electrons. The van der Waals surface area contributed by atoms with Crippen molar-refractivity contribution in [2.24, 2.45) is 11.7 Å². The van der Waals surface area contributed by atoms with Crippen LogP contribution in [-0.2, 0) is 4.74 Å². The van der Waals surface area contributed by atoms with Crippen LogP contribution in [-0.4, -0.2) is 43.8 Å². The van der Waals surface area contributed by atoms with Gasteiger partial charge in [0.15, 0.2) is 0 Å². The first-order valence-corrected chi connectivity index (χ1v) is 7.17. The molecule has 0 heterocycles. The summed E-state index contributed by atoms with van der Waals surface area (Å²) in [5.74, 6) is 0.925. The third-order valence-corrected chi connectivity index (χ3v) is 3.91. The van der Waals surface area contributed by atoms with Gasteiger partial charge in [-0.15, -0.1) is 0 Å². The summed E-state index contributed by atoms with van der Waals surface area (Å²) in [5, 5.41) is 0. The molecular formula is C14H30N2O. The molecule has 0 bridgehead atoms. The maximum atomic E-state index is 6.10. The lowest BCUT2D eigenvalue weighted by Gasteiger charge is -2.30. The van der Waals surface area contributed by atoms with Crippen LogP contribution in [0.25, 0.3) is 0 Å². The zero-order chi connectivity index (χ0) is 12.7. The third-order valence-electron chi connectivity index (χ3n) is 3.91. The van der Waals surface area contributed by atoms with Crippen molar-refractivity contribution < 1.29 is 4.74 Å². The first kappa shape index (κ1) is 14.9. The van der Waals surface area contributed by atoms with E-state index in [1.54, 1.807) is 7.11 Å². The van der Waals surface area contributed by atoms with Crippen LogP contribution >= 0.6 is 0 Å². The lowest BCUT2D eigenvalue weighted by atomic mass is 10.1. The highest BCUT2D eigenvalue weighted by Gasteiger charge is 2.31. The van der Waals surface area contributed by atoms with Gasteiger partial charge >= 0.3 is 0 Å². The normalized spacial score (nSPS) is 19.6. The second kappa shape index (κ2) is 8.06.